The number of carbonyl (C=O) groups is 1. The first kappa shape index (κ1) is 14.9. The maximum atomic E-state index is 12.3. The lowest BCUT2D eigenvalue weighted by Gasteiger charge is -2.23. The van der Waals surface area contributed by atoms with Gasteiger partial charge in [0.05, 0.1) is 6.61 Å². The molecule has 1 heterocycles. The number of amides is 1. The van der Waals surface area contributed by atoms with Gasteiger partial charge in [0.25, 0.3) is 0 Å². The lowest BCUT2D eigenvalue weighted by Crippen LogP contribution is -2.38. The highest BCUT2D eigenvalue weighted by atomic mass is 16.5. The van der Waals surface area contributed by atoms with Gasteiger partial charge >= 0.3 is 0 Å². The zero-order chi connectivity index (χ0) is 14.2. The van der Waals surface area contributed by atoms with Crippen molar-refractivity contribution >= 4 is 5.91 Å². The molecule has 0 bridgehead atoms. The molecule has 1 aromatic rings. The molecule has 0 aromatic heterocycles. The molecule has 1 aliphatic rings. The van der Waals surface area contributed by atoms with Gasteiger partial charge in [0.15, 0.2) is 0 Å². The Bertz CT molecular complexity index is 400. The van der Waals surface area contributed by atoms with Gasteiger partial charge in [-0.3, -0.25) is 4.79 Å². The van der Waals surface area contributed by atoms with E-state index < -0.39 is 0 Å². The van der Waals surface area contributed by atoms with Crippen molar-refractivity contribution in [2.75, 3.05) is 32.8 Å². The number of carbonyl (C=O) groups excluding carboxylic acids is 1. The molecule has 1 unspecified atom stereocenters. The zero-order valence-electron chi connectivity index (χ0n) is 12.2. The summed E-state index contributed by atoms with van der Waals surface area (Å²) in [6.45, 7) is 6.19. The van der Waals surface area contributed by atoms with Crippen LogP contribution in [0.25, 0.3) is 0 Å². The van der Waals surface area contributed by atoms with E-state index >= 15 is 0 Å². The van der Waals surface area contributed by atoms with Gasteiger partial charge in [-0.1, -0.05) is 25.1 Å². The second-order valence-corrected chi connectivity index (χ2v) is 5.28. The molecule has 1 aliphatic heterocycles. The van der Waals surface area contributed by atoms with Crippen LogP contribution in [0.4, 0.5) is 0 Å². The minimum atomic E-state index is 0.0248. The number of ether oxygens (including phenoxy) is 1. The Morgan fingerprint density at radius 1 is 1.30 bits per heavy atom. The van der Waals surface area contributed by atoms with E-state index in [2.05, 4.69) is 5.32 Å². The number of hydrogen-bond acceptors (Lipinski definition) is 3. The van der Waals surface area contributed by atoms with Gasteiger partial charge in [0.1, 0.15) is 5.75 Å². The van der Waals surface area contributed by atoms with Gasteiger partial charge in [0.2, 0.25) is 5.91 Å². The van der Waals surface area contributed by atoms with E-state index in [1.807, 2.05) is 42.2 Å². The molecule has 0 radical (unpaired) electrons. The minimum Gasteiger partial charge on any atom is -0.494 e. The third kappa shape index (κ3) is 4.53. The summed E-state index contributed by atoms with van der Waals surface area (Å²) < 4.78 is 5.66. The highest BCUT2D eigenvalue weighted by Crippen LogP contribution is 2.12. The smallest absolute Gasteiger partial charge is 0.225 e. The molecule has 1 N–H and O–H groups in total. The van der Waals surface area contributed by atoms with E-state index in [1.54, 1.807) is 0 Å². The van der Waals surface area contributed by atoms with Gasteiger partial charge in [-0.25, -0.2) is 0 Å². The van der Waals surface area contributed by atoms with Crippen molar-refractivity contribution in [2.24, 2.45) is 5.92 Å². The molecule has 1 saturated heterocycles. The van der Waals surface area contributed by atoms with E-state index in [9.17, 15) is 4.79 Å². The van der Waals surface area contributed by atoms with Crippen LogP contribution in [-0.2, 0) is 4.79 Å². The number of para-hydroxylation sites is 1. The second kappa shape index (κ2) is 7.90. The number of hydrogen-bond donors (Lipinski definition) is 1. The van der Waals surface area contributed by atoms with Crippen LogP contribution in [0.1, 0.15) is 19.8 Å². The topological polar surface area (TPSA) is 41.6 Å². The molecular weight excluding hydrogens is 252 g/mol. The standard InChI is InChI=1S/C16H24N2O2/c1-14(8-13-20-15-6-3-2-4-7-15)16(19)18-11-5-9-17-10-12-18/h2-4,6-7,14,17H,5,8-13H2,1H3. The fraction of sp³-hybridized carbons (Fsp3) is 0.562. The van der Waals surface area contributed by atoms with Crippen molar-refractivity contribution < 1.29 is 9.53 Å². The highest BCUT2D eigenvalue weighted by Gasteiger charge is 2.21. The molecule has 1 amide bonds. The Kier molecular flexibility index (Phi) is 5.87. The Morgan fingerprint density at radius 3 is 2.90 bits per heavy atom. The van der Waals surface area contributed by atoms with Crippen molar-refractivity contribution in [1.29, 1.82) is 0 Å². The molecule has 4 nitrogen and oxygen atoms in total. The van der Waals surface area contributed by atoms with Crippen LogP contribution in [0.5, 0.6) is 5.75 Å². The molecule has 1 fully saturated rings. The Labute approximate surface area is 121 Å². The Hall–Kier alpha value is -1.55. The zero-order valence-corrected chi connectivity index (χ0v) is 12.2. The molecule has 110 valence electrons. The van der Waals surface area contributed by atoms with Gasteiger partial charge in [0, 0.05) is 25.6 Å². The second-order valence-electron chi connectivity index (χ2n) is 5.28. The van der Waals surface area contributed by atoms with Crippen LogP contribution < -0.4 is 10.1 Å². The summed E-state index contributed by atoms with van der Waals surface area (Å²) >= 11 is 0. The summed E-state index contributed by atoms with van der Waals surface area (Å²) in [5, 5.41) is 3.32. The minimum absolute atomic E-state index is 0.0248. The average molecular weight is 276 g/mol. The van der Waals surface area contributed by atoms with Crippen molar-refractivity contribution in [3.63, 3.8) is 0 Å². The summed E-state index contributed by atoms with van der Waals surface area (Å²) in [7, 11) is 0. The monoisotopic (exact) mass is 276 g/mol. The predicted molar refractivity (Wildman–Crippen MR) is 79.8 cm³/mol. The first-order chi connectivity index (χ1) is 9.77. The summed E-state index contributed by atoms with van der Waals surface area (Å²) in [4.78, 5) is 14.3. The molecule has 20 heavy (non-hydrogen) atoms. The summed E-state index contributed by atoms with van der Waals surface area (Å²) in [6.07, 6.45) is 1.80. The molecule has 0 spiro atoms. The maximum Gasteiger partial charge on any atom is 0.225 e. The molecular formula is C16H24N2O2. The van der Waals surface area contributed by atoms with Crippen molar-refractivity contribution in [3.8, 4) is 5.75 Å². The molecule has 0 aliphatic carbocycles. The molecule has 1 atom stereocenters. The van der Waals surface area contributed by atoms with E-state index in [0.29, 0.717) is 6.61 Å². The molecule has 0 saturated carbocycles. The normalized spacial score (nSPS) is 17.4. The fourth-order valence-corrected chi connectivity index (χ4v) is 2.37. The number of nitrogens with zero attached hydrogens (tertiary/aromatic N) is 1. The maximum absolute atomic E-state index is 12.3. The summed E-state index contributed by atoms with van der Waals surface area (Å²) in [6, 6.07) is 9.74. The predicted octanol–water partition coefficient (Wildman–Crippen LogP) is 1.91. The van der Waals surface area contributed by atoms with Crippen molar-refractivity contribution in [1.82, 2.24) is 10.2 Å². The van der Waals surface area contributed by atoms with E-state index in [-0.39, 0.29) is 11.8 Å². The van der Waals surface area contributed by atoms with Crippen molar-refractivity contribution in [3.05, 3.63) is 30.3 Å². The van der Waals surface area contributed by atoms with Crippen LogP contribution in [0.15, 0.2) is 30.3 Å². The summed E-state index contributed by atoms with van der Waals surface area (Å²) in [5.74, 6) is 1.15. The van der Waals surface area contributed by atoms with E-state index in [0.717, 1.165) is 44.8 Å². The first-order valence-electron chi connectivity index (χ1n) is 7.45. The van der Waals surface area contributed by atoms with Crippen molar-refractivity contribution in [2.45, 2.75) is 19.8 Å². The van der Waals surface area contributed by atoms with Gasteiger partial charge in [-0.2, -0.15) is 0 Å². The lowest BCUT2D eigenvalue weighted by atomic mass is 10.1. The largest absolute Gasteiger partial charge is 0.494 e. The number of rotatable bonds is 5. The van der Waals surface area contributed by atoms with Crippen LogP contribution in [-0.4, -0.2) is 43.6 Å². The third-order valence-electron chi connectivity index (χ3n) is 3.64. The number of benzene rings is 1. The van der Waals surface area contributed by atoms with Crippen LogP contribution >= 0.6 is 0 Å². The van der Waals surface area contributed by atoms with E-state index in [1.165, 1.54) is 0 Å². The third-order valence-corrected chi connectivity index (χ3v) is 3.64. The van der Waals surface area contributed by atoms with Crippen LogP contribution in [0, 0.1) is 5.92 Å². The quantitative estimate of drug-likeness (QED) is 0.893. The molecule has 2 rings (SSSR count). The lowest BCUT2D eigenvalue weighted by molar-refractivity contribution is -0.135. The SMILES string of the molecule is CC(CCOc1ccccc1)C(=O)N1CCCNCC1. The number of nitrogens with one attached hydrogen (secondary N) is 1. The van der Waals surface area contributed by atoms with Gasteiger partial charge < -0.3 is 15.0 Å². The highest BCUT2D eigenvalue weighted by molar-refractivity contribution is 5.78. The van der Waals surface area contributed by atoms with Gasteiger partial charge in [-0.15, -0.1) is 0 Å². The van der Waals surface area contributed by atoms with Crippen LogP contribution in [0.2, 0.25) is 0 Å². The summed E-state index contributed by atoms with van der Waals surface area (Å²) in [5.41, 5.74) is 0. The Balaban J connectivity index is 1.73. The van der Waals surface area contributed by atoms with Gasteiger partial charge in [-0.05, 0) is 31.5 Å². The molecule has 1 aromatic carbocycles. The van der Waals surface area contributed by atoms with Crippen LogP contribution in [0.3, 0.4) is 0 Å². The average Bonchev–Trinajstić information content (AvgIpc) is 2.76. The molecule has 4 heteroatoms. The van der Waals surface area contributed by atoms with E-state index in [4.69, 9.17) is 4.74 Å². The Morgan fingerprint density at radius 2 is 2.10 bits per heavy atom. The first-order valence-corrected chi connectivity index (χ1v) is 7.45. The fourth-order valence-electron chi connectivity index (χ4n) is 2.37.